The van der Waals surface area contributed by atoms with Crippen LogP contribution < -0.4 is 10.9 Å². The number of nitrogens with one attached hydrogen (secondary N) is 1. The molecule has 6 nitrogen and oxygen atoms in total. The van der Waals surface area contributed by atoms with E-state index in [4.69, 9.17) is 9.26 Å². The number of amides is 1. The molecule has 0 spiro atoms. The first-order valence-electron chi connectivity index (χ1n) is 11.7. The fourth-order valence-electron chi connectivity index (χ4n) is 5.14. The van der Waals surface area contributed by atoms with Gasteiger partial charge in [0.2, 0.25) is 0 Å². The van der Waals surface area contributed by atoms with E-state index in [1.807, 2.05) is 51.1 Å². The van der Waals surface area contributed by atoms with Gasteiger partial charge in [0.25, 0.3) is 5.91 Å². The third kappa shape index (κ3) is 3.74. The summed E-state index contributed by atoms with van der Waals surface area (Å²) in [5, 5.41) is 7.92. The van der Waals surface area contributed by atoms with Gasteiger partial charge in [-0.2, -0.15) is 0 Å². The fourth-order valence-corrected chi connectivity index (χ4v) is 5.14. The van der Waals surface area contributed by atoms with E-state index in [1.54, 1.807) is 25.1 Å². The minimum Gasteiger partial charge on any atom is -0.349 e. The van der Waals surface area contributed by atoms with Gasteiger partial charge < -0.3 is 14.6 Å². The normalized spacial score (nSPS) is 21.5. The molecule has 1 amide bonds. The van der Waals surface area contributed by atoms with Crippen molar-refractivity contribution < 1.29 is 14.1 Å². The van der Waals surface area contributed by atoms with Crippen LogP contribution >= 0.6 is 0 Å². The van der Waals surface area contributed by atoms with E-state index in [2.05, 4.69) is 29.5 Å². The Bertz CT molecular complexity index is 1520. The van der Waals surface area contributed by atoms with E-state index < -0.39 is 16.8 Å². The molecule has 1 fully saturated rings. The average molecular weight is 469 g/mol. The maximum atomic E-state index is 13.9. The minimum absolute atomic E-state index is 0.245. The van der Waals surface area contributed by atoms with Crippen molar-refractivity contribution >= 4 is 22.4 Å². The van der Waals surface area contributed by atoms with Gasteiger partial charge in [0.15, 0.2) is 5.60 Å². The van der Waals surface area contributed by atoms with E-state index in [0.717, 1.165) is 22.3 Å². The van der Waals surface area contributed by atoms with Gasteiger partial charge in [0.05, 0.1) is 16.7 Å². The number of hydrogen-bond donors (Lipinski definition) is 1. The van der Waals surface area contributed by atoms with Gasteiger partial charge in [0, 0.05) is 17.5 Å². The minimum atomic E-state index is -1.15. The zero-order chi connectivity index (χ0) is 25.0. The smallest absolute Gasteiger partial charge is 0.349 e. The molecule has 0 radical (unpaired) electrons. The third-order valence-corrected chi connectivity index (χ3v) is 7.17. The second kappa shape index (κ2) is 8.17. The van der Waals surface area contributed by atoms with Crippen LogP contribution in [0.4, 0.5) is 5.69 Å². The molecule has 5 rings (SSSR count). The number of ether oxygens (including phenoxy) is 1. The van der Waals surface area contributed by atoms with Crippen molar-refractivity contribution in [1.29, 1.82) is 0 Å². The van der Waals surface area contributed by atoms with Crippen molar-refractivity contribution in [2.24, 2.45) is 0 Å². The Morgan fingerprint density at radius 2 is 1.60 bits per heavy atom. The molecule has 4 aromatic rings. The van der Waals surface area contributed by atoms with Crippen molar-refractivity contribution in [3.05, 3.63) is 105 Å². The molecule has 1 aliphatic heterocycles. The summed E-state index contributed by atoms with van der Waals surface area (Å²) in [7, 11) is 0. The number of carbonyl (C=O) groups is 1. The maximum absolute atomic E-state index is 13.9. The van der Waals surface area contributed by atoms with Crippen molar-refractivity contribution in [2.45, 2.75) is 52.2 Å². The summed E-state index contributed by atoms with van der Waals surface area (Å²) in [6, 6.07) is 19.3. The van der Waals surface area contributed by atoms with E-state index in [1.165, 1.54) is 5.56 Å². The molecule has 2 unspecified atom stereocenters. The first-order chi connectivity index (χ1) is 16.6. The Morgan fingerprint density at radius 3 is 2.31 bits per heavy atom. The SMILES string of the molecule is Cc1cc(C)c(C2(C(=O)Nc3ccc4c(=O)onc(C)c4c3)CC(C)(c3ccccc3)O2)cc1C. The molecule has 1 saturated heterocycles. The Kier molecular flexibility index (Phi) is 5.37. The molecule has 3 aromatic carbocycles. The summed E-state index contributed by atoms with van der Waals surface area (Å²) in [6.45, 7) is 9.91. The number of fused-ring (bicyclic) bond motifs is 1. The van der Waals surface area contributed by atoms with Crippen LogP contribution in [0.1, 0.15) is 46.9 Å². The molecule has 1 N–H and O–H groups in total. The molecule has 35 heavy (non-hydrogen) atoms. The predicted octanol–water partition coefficient (Wildman–Crippen LogP) is 5.59. The number of anilines is 1. The van der Waals surface area contributed by atoms with Crippen molar-refractivity contribution in [3.8, 4) is 0 Å². The Balaban J connectivity index is 1.56. The number of nitrogens with zero attached hydrogens (tertiary/aromatic N) is 1. The van der Waals surface area contributed by atoms with E-state index in [0.29, 0.717) is 28.6 Å². The molecule has 2 atom stereocenters. The molecule has 6 heteroatoms. The highest BCUT2D eigenvalue weighted by molar-refractivity contribution is 6.01. The maximum Gasteiger partial charge on any atom is 0.366 e. The van der Waals surface area contributed by atoms with Crippen LogP contribution in [-0.2, 0) is 20.7 Å². The lowest BCUT2D eigenvalue weighted by Crippen LogP contribution is -2.60. The van der Waals surface area contributed by atoms with Gasteiger partial charge in [-0.3, -0.25) is 4.79 Å². The second-order valence-corrected chi connectivity index (χ2v) is 9.72. The van der Waals surface area contributed by atoms with Gasteiger partial charge in [-0.25, -0.2) is 4.79 Å². The molecular weight excluding hydrogens is 440 g/mol. The Morgan fingerprint density at radius 1 is 0.914 bits per heavy atom. The lowest BCUT2D eigenvalue weighted by Gasteiger charge is -2.54. The van der Waals surface area contributed by atoms with Crippen molar-refractivity contribution in [3.63, 3.8) is 0 Å². The summed E-state index contributed by atoms with van der Waals surface area (Å²) in [4.78, 5) is 26.0. The number of carbonyl (C=O) groups excluding carboxylic acids is 1. The highest BCUT2D eigenvalue weighted by Gasteiger charge is 2.60. The summed E-state index contributed by atoms with van der Waals surface area (Å²) in [5.41, 5.74) is 4.08. The highest BCUT2D eigenvalue weighted by atomic mass is 16.6. The zero-order valence-corrected chi connectivity index (χ0v) is 20.6. The second-order valence-electron chi connectivity index (χ2n) is 9.72. The molecule has 0 aliphatic carbocycles. The van der Waals surface area contributed by atoms with E-state index >= 15 is 0 Å². The standard InChI is InChI=1S/C29H28N2O4/c1-17-13-19(3)25(14-18(17)2)29(16-28(5,35-29)21-9-7-6-8-10-21)27(33)30-22-11-12-23-24(15-22)20(4)31-34-26(23)32/h6-15H,16H2,1-5H3,(H,30,33). The molecular formula is C29H28N2O4. The van der Waals surface area contributed by atoms with Crippen LogP contribution in [0, 0.1) is 27.7 Å². The van der Waals surface area contributed by atoms with Gasteiger partial charge in [-0.15, -0.1) is 0 Å². The summed E-state index contributed by atoms with van der Waals surface area (Å²) >= 11 is 0. The summed E-state index contributed by atoms with van der Waals surface area (Å²) in [6.07, 6.45) is 0.497. The fraction of sp³-hybridized carbons (Fsp3) is 0.276. The quantitative estimate of drug-likeness (QED) is 0.422. The third-order valence-electron chi connectivity index (χ3n) is 7.17. The van der Waals surface area contributed by atoms with Crippen LogP contribution in [0.5, 0.6) is 0 Å². The Labute approximate surface area is 203 Å². The molecule has 2 heterocycles. The van der Waals surface area contributed by atoms with Crippen molar-refractivity contribution in [2.75, 3.05) is 5.32 Å². The van der Waals surface area contributed by atoms with Crippen LogP contribution in [-0.4, -0.2) is 11.1 Å². The van der Waals surface area contributed by atoms with Gasteiger partial charge in [-0.1, -0.05) is 47.6 Å². The number of aromatic nitrogens is 1. The molecule has 0 bridgehead atoms. The summed E-state index contributed by atoms with van der Waals surface area (Å²) < 4.78 is 11.5. The molecule has 1 aromatic heterocycles. The van der Waals surface area contributed by atoms with Crippen LogP contribution in [0.2, 0.25) is 0 Å². The van der Waals surface area contributed by atoms with E-state index in [9.17, 15) is 9.59 Å². The monoisotopic (exact) mass is 468 g/mol. The van der Waals surface area contributed by atoms with Gasteiger partial charge in [0.1, 0.15) is 0 Å². The van der Waals surface area contributed by atoms with Gasteiger partial charge in [-0.05, 0) is 80.6 Å². The van der Waals surface area contributed by atoms with Crippen LogP contribution in [0.25, 0.3) is 10.8 Å². The number of aryl methyl sites for hydroxylation is 4. The number of rotatable bonds is 4. The first-order valence-corrected chi connectivity index (χ1v) is 11.7. The van der Waals surface area contributed by atoms with Crippen LogP contribution in [0.15, 0.2) is 70.0 Å². The van der Waals surface area contributed by atoms with Crippen molar-refractivity contribution in [1.82, 2.24) is 5.16 Å². The van der Waals surface area contributed by atoms with Gasteiger partial charge >= 0.3 is 5.63 Å². The molecule has 178 valence electrons. The number of benzene rings is 3. The highest BCUT2D eigenvalue weighted by Crippen LogP contribution is 2.55. The predicted molar refractivity (Wildman–Crippen MR) is 135 cm³/mol. The van der Waals surface area contributed by atoms with E-state index in [-0.39, 0.29) is 5.91 Å². The lowest BCUT2D eigenvalue weighted by atomic mass is 9.70. The Hall–Kier alpha value is -3.77. The topological polar surface area (TPSA) is 81.4 Å². The summed E-state index contributed by atoms with van der Waals surface area (Å²) in [5.74, 6) is -0.245. The number of hydrogen-bond acceptors (Lipinski definition) is 5. The lowest BCUT2D eigenvalue weighted by molar-refractivity contribution is -0.265. The molecule has 0 saturated carbocycles. The average Bonchev–Trinajstić information content (AvgIpc) is 2.82. The zero-order valence-electron chi connectivity index (χ0n) is 20.6. The van der Waals surface area contributed by atoms with Crippen LogP contribution in [0.3, 0.4) is 0 Å². The largest absolute Gasteiger partial charge is 0.366 e. The molecule has 1 aliphatic rings. The first kappa shape index (κ1) is 23.0.